The number of nitrogens with one attached hydrogen (secondary N) is 1. The average molecular weight is 240 g/mol. The molecule has 1 atom stereocenters. The minimum atomic E-state index is -3.57. The summed E-state index contributed by atoms with van der Waals surface area (Å²) >= 11 is 0. The lowest BCUT2D eigenvalue weighted by Gasteiger charge is -2.12. The van der Waals surface area contributed by atoms with Gasteiger partial charge in [-0.1, -0.05) is 12.1 Å². The van der Waals surface area contributed by atoms with Crippen LogP contribution < -0.4 is 10.5 Å². The monoisotopic (exact) mass is 240 g/mol. The molecule has 0 saturated carbocycles. The highest BCUT2D eigenvalue weighted by molar-refractivity contribution is 7.89. The molecular formula is C11H16N2O2S. The van der Waals surface area contributed by atoms with Gasteiger partial charge in [0.05, 0.1) is 5.69 Å². The van der Waals surface area contributed by atoms with Crippen LogP contribution >= 0.6 is 0 Å². The van der Waals surface area contributed by atoms with E-state index in [0.717, 1.165) is 5.56 Å². The van der Waals surface area contributed by atoms with Gasteiger partial charge in [-0.05, 0) is 31.5 Å². The number of hydrogen-bond acceptors (Lipinski definition) is 3. The summed E-state index contributed by atoms with van der Waals surface area (Å²) in [5.74, 6) is 0. The van der Waals surface area contributed by atoms with Crippen LogP contribution in [0.15, 0.2) is 35.7 Å². The normalized spacial score (nSPS) is 13.4. The first-order valence-corrected chi connectivity index (χ1v) is 6.36. The number of sulfonamides is 1. The maximum absolute atomic E-state index is 11.9. The number of anilines is 1. The van der Waals surface area contributed by atoms with Crippen molar-refractivity contribution >= 4 is 15.7 Å². The smallest absolute Gasteiger partial charge is 0.243 e. The molecule has 0 bridgehead atoms. The zero-order valence-electron chi connectivity index (χ0n) is 9.40. The zero-order chi connectivity index (χ0) is 12.3. The third-order valence-corrected chi connectivity index (χ3v) is 3.78. The summed E-state index contributed by atoms with van der Waals surface area (Å²) in [7, 11) is -3.57. The summed E-state index contributed by atoms with van der Waals surface area (Å²) in [6, 6.07) is 4.52. The van der Waals surface area contributed by atoms with Crippen molar-refractivity contribution in [2.75, 3.05) is 5.73 Å². The molecule has 1 aromatic rings. The SMILES string of the molecule is C=CC(C)NS(=O)(=O)c1ccc(C)cc1N. The van der Waals surface area contributed by atoms with E-state index in [4.69, 9.17) is 5.73 Å². The first kappa shape index (κ1) is 12.7. The second-order valence-electron chi connectivity index (χ2n) is 3.69. The third kappa shape index (κ3) is 2.84. The Kier molecular flexibility index (Phi) is 3.72. The highest BCUT2D eigenvalue weighted by Gasteiger charge is 2.18. The molecule has 0 heterocycles. The lowest BCUT2D eigenvalue weighted by Crippen LogP contribution is -2.31. The Labute approximate surface area is 96.2 Å². The van der Waals surface area contributed by atoms with Crippen LogP contribution in [0, 0.1) is 6.92 Å². The van der Waals surface area contributed by atoms with Gasteiger partial charge in [-0.3, -0.25) is 0 Å². The fourth-order valence-corrected chi connectivity index (χ4v) is 2.60. The van der Waals surface area contributed by atoms with Gasteiger partial charge in [0.2, 0.25) is 10.0 Å². The molecule has 0 fully saturated rings. The Morgan fingerprint density at radius 2 is 2.12 bits per heavy atom. The topological polar surface area (TPSA) is 72.2 Å². The van der Waals surface area contributed by atoms with Gasteiger partial charge >= 0.3 is 0 Å². The van der Waals surface area contributed by atoms with E-state index in [1.807, 2.05) is 6.92 Å². The van der Waals surface area contributed by atoms with Crippen LogP contribution in [0.25, 0.3) is 0 Å². The molecule has 0 aromatic heterocycles. The maximum atomic E-state index is 11.9. The van der Waals surface area contributed by atoms with E-state index in [2.05, 4.69) is 11.3 Å². The van der Waals surface area contributed by atoms with Crippen molar-refractivity contribution < 1.29 is 8.42 Å². The first-order chi connectivity index (χ1) is 7.36. The van der Waals surface area contributed by atoms with E-state index in [9.17, 15) is 8.42 Å². The molecule has 1 aromatic carbocycles. The Morgan fingerprint density at radius 3 is 2.62 bits per heavy atom. The Hall–Kier alpha value is -1.33. The summed E-state index contributed by atoms with van der Waals surface area (Å²) in [6.45, 7) is 7.07. The minimum absolute atomic E-state index is 0.104. The van der Waals surface area contributed by atoms with Crippen molar-refractivity contribution in [3.05, 3.63) is 36.4 Å². The van der Waals surface area contributed by atoms with Crippen LogP contribution in [0.5, 0.6) is 0 Å². The van der Waals surface area contributed by atoms with Crippen LogP contribution in [0.4, 0.5) is 5.69 Å². The number of rotatable bonds is 4. The molecule has 16 heavy (non-hydrogen) atoms. The van der Waals surface area contributed by atoms with E-state index in [1.54, 1.807) is 19.1 Å². The largest absolute Gasteiger partial charge is 0.398 e. The Bertz CT molecular complexity index is 495. The van der Waals surface area contributed by atoms with Gasteiger partial charge in [-0.25, -0.2) is 13.1 Å². The van der Waals surface area contributed by atoms with E-state index >= 15 is 0 Å². The molecule has 4 nitrogen and oxygen atoms in total. The standard InChI is InChI=1S/C11H16N2O2S/c1-4-9(3)13-16(14,15)11-6-5-8(2)7-10(11)12/h4-7,9,13H,1,12H2,2-3H3. The molecule has 5 heteroatoms. The Morgan fingerprint density at radius 1 is 1.50 bits per heavy atom. The van der Waals surface area contributed by atoms with Crippen molar-refractivity contribution in [3.8, 4) is 0 Å². The molecule has 0 amide bonds. The molecule has 1 rings (SSSR count). The number of aryl methyl sites for hydroxylation is 1. The second kappa shape index (κ2) is 4.67. The van der Waals surface area contributed by atoms with E-state index in [-0.39, 0.29) is 16.6 Å². The fourth-order valence-electron chi connectivity index (χ4n) is 1.27. The highest BCUT2D eigenvalue weighted by Crippen LogP contribution is 2.19. The number of nitrogen functional groups attached to an aromatic ring is 1. The van der Waals surface area contributed by atoms with Gasteiger partial charge in [0.1, 0.15) is 4.90 Å². The van der Waals surface area contributed by atoms with Crippen molar-refractivity contribution in [3.63, 3.8) is 0 Å². The summed E-state index contributed by atoms with van der Waals surface area (Å²) in [6.07, 6.45) is 1.52. The molecule has 3 N–H and O–H groups in total. The Balaban J connectivity index is 3.12. The van der Waals surface area contributed by atoms with E-state index in [0.29, 0.717) is 0 Å². The van der Waals surface area contributed by atoms with E-state index < -0.39 is 10.0 Å². The van der Waals surface area contributed by atoms with Gasteiger partial charge in [0.15, 0.2) is 0 Å². The van der Waals surface area contributed by atoms with Crippen molar-refractivity contribution in [1.29, 1.82) is 0 Å². The van der Waals surface area contributed by atoms with Gasteiger partial charge in [-0.2, -0.15) is 0 Å². The molecule has 0 saturated heterocycles. The van der Waals surface area contributed by atoms with Gasteiger partial charge in [0, 0.05) is 6.04 Å². The fraction of sp³-hybridized carbons (Fsp3) is 0.273. The molecular weight excluding hydrogens is 224 g/mol. The maximum Gasteiger partial charge on any atom is 0.243 e. The molecule has 1 unspecified atom stereocenters. The summed E-state index contributed by atoms with van der Waals surface area (Å²) in [5.41, 5.74) is 6.86. The summed E-state index contributed by atoms with van der Waals surface area (Å²) < 4.78 is 26.2. The zero-order valence-corrected chi connectivity index (χ0v) is 10.2. The molecule has 88 valence electrons. The van der Waals surface area contributed by atoms with Crippen LogP contribution in [-0.2, 0) is 10.0 Å². The second-order valence-corrected chi connectivity index (χ2v) is 5.37. The number of hydrogen-bond donors (Lipinski definition) is 2. The van der Waals surface area contributed by atoms with Gasteiger partial charge < -0.3 is 5.73 Å². The summed E-state index contributed by atoms with van der Waals surface area (Å²) in [4.78, 5) is 0.104. The minimum Gasteiger partial charge on any atom is -0.398 e. The van der Waals surface area contributed by atoms with Gasteiger partial charge in [-0.15, -0.1) is 6.58 Å². The van der Waals surface area contributed by atoms with Crippen LogP contribution in [0.2, 0.25) is 0 Å². The van der Waals surface area contributed by atoms with Crippen molar-refractivity contribution in [1.82, 2.24) is 4.72 Å². The predicted octanol–water partition coefficient (Wildman–Crippen LogP) is 1.43. The van der Waals surface area contributed by atoms with Gasteiger partial charge in [0.25, 0.3) is 0 Å². The van der Waals surface area contributed by atoms with Crippen LogP contribution in [0.3, 0.4) is 0 Å². The number of nitrogens with two attached hydrogens (primary N) is 1. The first-order valence-electron chi connectivity index (χ1n) is 4.88. The average Bonchev–Trinajstić information content (AvgIpc) is 2.16. The highest BCUT2D eigenvalue weighted by atomic mass is 32.2. The quantitative estimate of drug-likeness (QED) is 0.617. The molecule has 0 aliphatic carbocycles. The van der Waals surface area contributed by atoms with Crippen molar-refractivity contribution in [2.24, 2.45) is 0 Å². The lowest BCUT2D eigenvalue weighted by molar-refractivity contribution is 0.576. The molecule has 0 radical (unpaired) electrons. The summed E-state index contributed by atoms with van der Waals surface area (Å²) in [5, 5.41) is 0. The molecule has 0 aliphatic rings. The van der Waals surface area contributed by atoms with Crippen molar-refractivity contribution in [2.45, 2.75) is 24.8 Å². The molecule has 0 aliphatic heterocycles. The molecule has 0 spiro atoms. The van der Waals surface area contributed by atoms with Crippen LogP contribution in [0.1, 0.15) is 12.5 Å². The predicted molar refractivity (Wildman–Crippen MR) is 65.6 cm³/mol. The van der Waals surface area contributed by atoms with Crippen LogP contribution in [-0.4, -0.2) is 14.5 Å². The third-order valence-electron chi connectivity index (χ3n) is 2.15. The lowest BCUT2D eigenvalue weighted by atomic mass is 10.2. The van der Waals surface area contributed by atoms with E-state index in [1.165, 1.54) is 12.1 Å². The number of benzene rings is 1.